The van der Waals surface area contributed by atoms with Gasteiger partial charge < -0.3 is 14.7 Å². The molecule has 2 rings (SSSR count). The van der Waals surface area contributed by atoms with Gasteiger partial charge in [0, 0.05) is 32.2 Å². The Morgan fingerprint density at radius 2 is 1.90 bits per heavy atom. The van der Waals surface area contributed by atoms with Crippen molar-refractivity contribution in [1.82, 2.24) is 19.9 Å². The molecule has 0 aliphatic carbocycles. The Hall–Kier alpha value is -1.14. The van der Waals surface area contributed by atoms with E-state index in [1.165, 1.54) is 12.8 Å². The lowest BCUT2D eigenvalue weighted by molar-refractivity contribution is 0.371. The molecule has 1 aliphatic heterocycles. The third kappa shape index (κ3) is 3.95. The fourth-order valence-electron chi connectivity index (χ4n) is 2.82. The van der Waals surface area contributed by atoms with Crippen molar-refractivity contribution < 1.29 is 0 Å². The molecule has 0 amide bonds. The largest absolute Gasteiger partial charge is 0.341 e. The zero-order chi connectivity index (χ0) is 15.4. The summed E-state index contributed by atoms with van der Waals surface area (Å²) in [5, 5.41) is 0.275. The first-order valence-electron chi connectivity index (χ1n) is 7.63. The van der Waals surface area contributed by atoms with Crippen LogP contribution in [-0.2, 0) is 0 Å². The lowest BCUT2D eigenvalue weighted by atomic mass is 10.2. The van der Waals surface area contributed by atoms with Crippen LogP contribution in [0, 0.1) is 0 Å². The number of likely N-dealkylation sites (N-methyl/N-ethyl adjacent to an activating group) is 1. The summed E-state index contributed by atoms with van der Waals surface area (Å²) in [6.07, 6.45) is 2.34. The van der Waals surface area contributed by atoms with Gasteiger partial charge in [-0.05, 0) is 52.4 Å². The van der Waals surface area contributed by atoms with E-state index in [4.69, 9.17) is 11.6 Å². The van der Waals surface area contributed by atoms with E-state index in [2.05, 4.69) is 57.6 Å². The Labute approximate surface area is 132 Å². The van der Waals surface area contributed by atoms with Crippen molar-refractivity contribution in [2.75, 3.05) is 50.1 Å². The monoisotopic (exact) mass is 312 g/mol. The molecule has 21 heavy (non-hydrogen) atoms. The second kappa shape index (κ2) is 7.22. The first kappa shape index (κ1) is 16.2. The molecular weight excluding hydrogens is 288 g/mol. The minimum absolute atomic E-state index is 0.275. The van der Waals surface area contributed by atoms with Gasteiger partial charge in [-0.1, -0.05) is 0 Å². The minimum Gasteiger partial charge on any atom is -0.341 e. The molecule has 118 valence electrons. The second-order valence-corrected chi connectivity index (χ2v) is 5.97. The van der Waals surface area contributed by atoms with E-state index in [0.717, 1.165) is 26.2 Å². The smallest absolute Gasteiger partial charge is 0.231 e. The molecule has 1 unspecified atom stereocenters. The summed E-state index contributed by atoms with van der Waals surface area (Å²) < 4.78 is 0. The van der Waals surface area contributed by atoms with E-state index in [1.54, 1.807) is 0 Å². The van der Waals surface area contributed by atoms with Crippen molar-refractivity contribution in [3.05, 3.63) is 5.28 Å². The van der Waals surface area contributed by atoms with E-state index in [-0.39, 0.29) is 5.28 Å². The van der Waals surface area contributed by atoms with Gasteiger partial charge in [-0.3, -0.25) is 0 Å². The number of anilines is 2. The van der Waals surface area contributed by atoms with Crippen LogP contribution in [0.15, 0.2) is 0 Å². The van der Waals surface area contributed by atoms with E-state index in [1.807, 2.05) is 0 Å². The molecule has 0 radical (unpaired) electrons. The Balaban J connectivity index is 2.26. The molecule has 6 nitrogen and oxygen atoms in total. The Morgan fingerprint density at radius 1 is 1.19 bits per heavy atom. The van der Waals surface area contributed by atoms with Gasteiger partial charge in [-0.15, -0.1) is 0 Å². The van der Waals surface area contributed by atoms with Crippen LogP contribution in [0.4, 0.5) is 11.9 Å². The molecule has 0 bridgehead atoms. The second-order valence-electron chi connectivity index (χ2n) is 5.63. The molecule has 0 aromatic carbocycles. The zero-order valence-corrected chi connectivity index (χ0v) is 14.1. The highest BCUT2D eigenvalue weighted by atomic mass is 35.5. The van der Waals surface area contributed by atoms with Crippen molar-refractivity contribution in [3.63, 3.8) is 0 Å². The molecule has 0 N–H and O–H groups in total. The highest BCUT2D eigenvalue weighted by Gasteiger charge is 2.28. The van der Waals surface area contributed by atoms with Gasteiger partial charge >= 0.3 is 0 Å². The maximum absolute atomic E-state index is 6.11. The SMILES string of the molecule is CCN(CC)c1nc(Cl)nc(N2CCCC2CN(C)C)n1. The molecule has 1 aromatic rings. The van der Waals surface area contributed by atoms with Crippen molar-refractivity contribution in [1.29, 1.82) is 0 Å². The first-order valence-corrected chi connectivity index (χ1v) is 8.00. The molecule has 1 atom stereocenters. The highest BCUT2D eigenvalue weighted by molar-refractivity contribution is 6.28. The standard InChI is InChI=1S/C14H25ClN6/c1-5-20(6-2)13-16-12(15)17-14(18-13)21-9-7-8-11(21)10-19(3)4/h11H,5-10H2,1-4H3. The van der Waals surface area contributed by atoms with E-state index < -0.39 is 0 Å². The van der Waals surface area contributed by atoms with Crippen LogP contribution in [0.25, 0.3) is 0 Å². The molecule has 0 spiro atoms. The highest BCUT2D eigenvalue weighted by Crippen LogP contribution is 2.25. The van der Waals surface area contributed by atoms with Gasteiger partial charge in [0.2, 0.25) is 17.2 Å². The fourth-order valence-corrected chi connectivity index (χ4v) is 2.97. The van der Waals surface area contributed by atoms with Gasteiger partial charge in [0.05, 0.1) is 0 Å². The lowest BCUT2D eigenvalue weighted by Crippen LogP contribution is -2.39. The van der Waals surface area contributed by atoms with Crippen LogP contribution in [0.3, 0.4) is 0 Å². The van der Waals surface area contributed by atoms with Crippen molar-refractivity contribution in [3.8, 4) is 0 Å². The molecule has 0 saturated carbocycles. The van der Waals surface area contributed by atoms with E-state index in [0.29, 0.717) is 17.9 Å². The number of nitrogens with zero attached hydrogens (tertiary/aromatic N) is 6. The summed E-state index contributed by atoms with van der Waals surface area (Å²) in [6, 6.07) is 0.447. The van der Waals surface area contributed by atoms with E-state index >= 15 is 0 Å². The quantitative estimate of drug-likeness (QED) is 0.799. The first-order chi connectivity index (χ1) is 10.0. The van der Waals surface area contributed by atoms with Crippen LogP contribution in [0.1, 0.15) is 26.7 Å². The summed E-state index contributed by atoms with van der Waals surface area (Å²) in [5.41, 5.74) is 0. The maximum atomic E-state index is 6.11. The molecule has 1 fully saturated rings. The van der Waals surface area contributed by atoms with Gasteiger partial charge in [0.1, 0.15) is 0 Å². The molecule has 2 heterocycles. The predicted octanol–water partition coefficient (Wildman–Crippen LogP) is 1.90. The molecule has 1 aromatic heterocycles. The van der Waals surface area contributed by atoms with Crippen LogP contribution in [0.2, 0.25) is 5.28 Å². The third-order valence-corrected chi connectivity index (χ3v) is 4.01. The Bertz CT molecular complexity index is 463. The summed E-state index contributed by atoms with van der Waals surface area (Å²) in [7, 11) is 4.19. The molecule has 7 heteroatoms. The van der Waals surface area contributed by atoms with E-state index in [9.17, 15) is 0 Å². The van der Waals surface area contributed by atoms with Crippen LogP contribution < -0.4 is 9.80 Å². The number of halogens is 1. The fraction of sp³-hybridized carbons (Fsp3) is 0.786. The summed E-state index contributed by atoms with van der Waals surface area (Å²) >= 11 is 6.11. The average molecular weight is 313 g/mol. The van der Waals surface area contributed by atoms with Crippen LogP contribution in [-0.4, -0.2) is 66.2 Å². The van der Waals surface area contributed by atoms with Gasteiger partial charge in [-0.2, -0.15) is 15.0 Å². The average Bonchev–Trinajstić information content (AvgIpc) is 2.87. The van der Waals surface area contributed by atoms with Gasteiger partial charge in [-0.25, -0.2) is 0 Å². The lowest BCUT2D eigenvalue weighted by Gasteiger charge is -2.28. The third-order valence-electron chi connectivity index (χ3n) is 3.84. The number of aromatic nitrogens is 3. The van der Waals surface area contributed by atoms with Crippen molar-refractivity contribution >= 4 is 23.5 Å². The zero-order valence-electron chi connectivity index (χ0n) is 13.4. The maximum Gasteiger partial charge on any atom is 0.231 e. The topological polar surface area (TPSA) is 48.4 Å². The number of rotatable bonds is 6. The molecule has 1 saturated heterocycles. The van der Waals surface area contributed by atoms with Gasteiger partial charge in [0.15, 0.2) is 0 Å². The summed E-state index contributed by atoms with van der Waals surface area (Å²) in [5.74, 6) is 1.38. The number of hydrogen-bond acceptors (Lipinski definition) is 6. The minimum atomic E-state index is 0.275. The summed E-state index contributed by atoms with van der Waals surface area (Å²) in [6.45, 7) is 7.88. The normalized spacial score (nSPS) is 18.6. The number of hydrogen-bond donors (Lipinski definition) is 0. The molecule has 1 aliphatic rings. The van der Waals surface area contributed by atoms with Crippen LogP contribution in [0.5, 0.6) is 0 Å². The Kier molecular flexibility index (Phi) is 5.58. The predicted molar refractivity (Wildman–Crippen MR) is 87.3 cm³/mol. The van der Waals surface area contributed by atoms with Gasteiger partial charge in [0.25, 0.3) is 0 Å². The van der Waals surface area contributed by atoms with Crippen LogP contribution >= 0.6 is 11.6 Å². The van der Waals surface area contributed by atoms with Crippen molar-refractivity contribution in [2.45, 2.75) is 32.7 Å². The molecular formula is C14H25ClN6. The van der Waals surface area contributed by atoms with Crippen molar-refractivity contribution in [2.24, 2.45) is 0 Å². The Morgan fingerprint density at radius 3 is 2.52 bits per heavy atom. The summed E-state index contributed by atoms with van der Waals surface area (Å²) in [4.78, 5) is 19.8.